The number of fused-ring (bicyclic) bond motifs is 1. The SMILES string of the molecule is COc1ccc(C2=NN(c3ccccc3)C(c3c[nH]c4ccccc34)C2)cc1. The maximum atomic E-state index is 5.30. The number of H-pyrrole nitrogens is 1. The quantitative estimate of drug-likeness (QED) is 0.515. The Morgan fingerprint density at radius 1 is 0.929 bits per heavy atom. The van der Waals surface area contributed by atoms with E-state index in [1.54, 1.807) is 7.11 Å². The number of methoxy groups -OCH3 is 1. The molecule has 0 saturated heterocycles. The maximum absolute atomic E-state index is 5.30. The minimum absolute atomic E-state index is 0.149. The van der Waals surface area contributed by atoms with Crippen LogP contribution in [-0.2, 0) is 0 Å². The lowest BCUT2D eigenvalue weighted by atomic mass is 9.97. The van der Waals surface area contributed by atoms with E-state index < -0.39 is 0 Å². The van der Waals surface area contributed by atoms with Crippen LogP contribution in [0.3, 0.4) is 0 Å². The highest BCUT2D eigenvalue weighted by Gasteiger charge is 2.31. The van der Waals surface area contributed by atoms with Crippen molar-refractivity contribution in [3.63, 3.8) is 0 Å². The lowest BCUT2D eigenvalue weighted by Crippen LogP contribution is -2.18. The van der Waals surface area contributed by atoms with E-state index in [2.05, 4.69) is 76.9 Å². The van der Waals surface area contributed by atoms with Gasteiger partial charge in [0, 0.05) is 29.1 Å². The molecule has 1 aliphatic heterocycles. The van der Waals surface area contributed by atoms with Gasteiger partial charge in [0.25, 0.3) is 0 Å². The van der Waals surface area contributed by atoms with Crippen molar-refractivity contribution in [1.82, 2.24) is 4.98 Å². The molecule has 0 bridgehead atoms. The molecule has 4 nitrogen and oxygen atoms in total. The number of hydrogen-bond acceptors (Lipinski definition) is 3. The molecule has 5 rings (SSSR count). The summed E-state index contributed by atoms with van der Waals surface area (Å²) in [5, 5.41) is 8.42. The first-order chi connectivity index (χ1) is 13.8. The number of ether oxygens (including phenoxy) is 1. The van der Waals surface area contributed by atoms with Crippen LogP contribution in [0.4, 0.5) is 5.69 Å². The van der Waals surface area contributed by atoms with Crippen molar-refractivity contribution >= 4 is 22.3 Å². The molecule has 3 aromatic carbocycles. The Labute approximate surface area is 164 Å². The predicted molar refractivity (Wildman–Crippen MR) is 114 cm³/mol. The molecule has 4 aromatic rings. The molecule has 2 heterocycles. The Morgan fingerprint density at radius 3 is 2.46 bits per heavy atom. The van der Waals surface area contributed by atoms with Gasteiger partial charge in [-0.2, -0.15) is 5.10 Å². The average molecular weight is 367 g/mol. The van der Waals surface area contributed by atoms with E-state index in [4.69, 9.17) is 9.84 Å². The van der Waals surface area contributed by atoms with Crippen LogP contribution in [-0.4, -0.2) is 17.8 Å². The van der Waals surface area contributed by atoms with Gasteiger partial charge < -0.3 is 9.72 Å². The van der Waals surface area contributed by atoms with E-state index in [1.165, 1.54) is 10.9 Å². The summed E-state index contributed by atoms with van der Waals surface area (Å²) in [4.78, 5) is 3.41. The molecule has 1 N–H and O–H groups in total. The van der Waals surface area contributed by atoms with E-state index in [0.717, 1.165) is 34.6 Å². The van der Waals surface area contributed by atoms with Crippen LogP contribution in [0.25, 0.3) is 10.9 Å². The van der Waals surface area contributed by atoms with Gasteiger partial charge in [0.1, 0.15) is 5.75 Å². The third-order valence-corrected chi connectivity index (χ3v) is 5.33. The number of benzene rings is 3. The van der Waals surface area contributed by atoms with Gasteiger partial charge in [0.2, 0.25) is 0 Å². The predicted octanol–water partition coefficient (Wildman–Crippen LogP) is 5.53. The highest BCUT2D eigenvalue weighted by atomic mass is 16.5. The van der Waals surface area contributed by atoms with Gasteiger partial charge in [-0.15, -0.1) is 0 Å². The number of nitrogens with zero attached hydrogens (tertiary/aromatic N) is 2. The highest BCUT2D eigenvalue weighted by molar-refractivity contribution is 6.04. The van der Waals surface area contributed by atoms with E-state index in [-0.39, 0.29) is 6.04 Å². The minimum atomic E-state index is 0.149. The normalized spacial score (nSPS) is 16.4. The van der Waals surface area contributed by atoms with Crippen LogP contribution in [0.5, 0.6) is 5.75 Å². The summed E-state index contributed by atoms with van der Waals surface area (Å²) in [5.41, 5.74) is 5.74. The molecule has 138 valence electrons. The molecular weight excluding hydrogens is 346 g/mol. The Balaban J connectivity index is 1.58. The molecule has 1 aliphatic rings. The largest absolute Gasteiger partial charge is 0.497 e. The van der Waals surface area contributed by atoms with Crippen LogP contribution >= 0.6 is 0 Å². The number of para-hydroxylation sites is 2. The molecule has 0 amide bonds. The zero-order valence-electron chi connectivity index (χ0n) is 15.7. The zero-order valence-corrected chi connectivity index (χ0v) is 15.7. The molecule has 1 unspecified atom stereocenters. The maximum Gasteiger partial charge on any atom is 0.118 e. The van der Waals surface area contributed by atoms with Crippen molar-refractivity contribution in [2.75, 3.05) is 12.1 Å². The minimum Gasteiger partial charge on any atom is -0.497 e. The first kappa shape index (κ1) is 16.6. The number of nitrogens with one attached hydrogen (secondary N) is 1. The smallest absolute Gasteiger partial charge is 0.118 e. The molecule has 28 heavy (non-hydrogen) atoms. The summed E-state index contributed by atoms with van der Waals surface area (Å²) in [6.07, 6.45) is 2.97. The van der Waals surface area contributed by atoms with E-state index >= 15 is 0 Å². The van der Waals surface area contributed by atoms with E-state index in [1.807, 2.05) is 18.2 Å². The summed E-state index contributed by atoms with van der Waals surface area (Å²) >= 11 is 0. The number of rotatable bonds is 4. The molecule has 0 radical (unpaired) electrons. The molecule has 1 atom stereocenters. The summed E-state index contributed by atoms with van der Waals surface area (Å²) in [6.45, 7) is 0. The lowest BCUT2D eigenvalue weighted by Gasteiger charge is -2.23. The summed E-state index contributed by atoms with van der Waals surface area (Å²) in [5.74, 6) is 0.857. The Kier molecular flexibility index (Phi) is 4.09. The lowest BCUT2D eigenvalue weighted by molar-refractivity contribution is 0.415. The average Bonchev–Trinajstić information content (AvgIpc) is 3.39. The Bertz CT molecular complexity index is 1130. The van der Waals surface area contributed by atoms with Crippen molar-refractivity contribution < 1.29 is 4.74 Å². The first-order valence-electron chi connectivity index (χ1n) is 9.46. The molecule has 4 heteroatoms. The topological polar surface area (TPSA) is 40.6 Å². The van der Waals surface area contributed by atoms with Gasteiger partial charge in [-0.3, -0.25) is 5.01 Å². The van der Waals surface area contributed by atoms with E-state index in [9.17, 15) is 0 Å². The van der Waals surface area contributed by atoms with Gasteiger partial charge >= 0.3 is 0 Å². The number of hydrazone groups is 1. The van der Waals surface area contributed by atoms with Crippen LogP contribution < -0.4 is 9.75 Å². The van der Waals surface area contributed by atoms with Gasteiger partial charge in [0.15, 0.2) is 0 Å². The summed E-state index contributed by atoms with van der Waals surface area (Å²) < 4.78 is 5.30. The van der Waals surface area contributed by atoms with Crippen molar-refractivity contribution in [3.8, 4) is 5.75 Å². The van der Waals surface area contributed by atoms with Crippen LogP contribution in [0.1, 0.15) is 23.6 Å². The van der Waals surface area contributed by atoms with Crippen molar-refractivity contribution in [2.45, 2.75) is 12.5 Å². The molecule has 0 saturated carbocycles. The Hall–Kier alpha value is -3.53. The van der Waals surface area contributed by atoms with Gasteiger partial charge in [-0.1, -0.05) is 36.4 Å². The van der Waals surface area contributed by atoms with Gasteiger partial charge in [-0.05, 0) is 48.0 Å². The summed E-state index contributed by atoms with van der Waals surface area (Å²) in [6, 6.07) is 27.1. The molecule has 0 aliphatic carbocycles. The zero-order chi connectivity index (χ0) is 18.9. The van der Waals surface area contributed by atoms with Crippen LogP contribution in [0.15, 0.2) is 90.2 Å². The molecule has 1 aromatic heterocycles. The van der Waals surface area contributed by atoms with Crippen molar-refractivity contribution in [3.05, 3.63) is 96.2 Å². The number of aromatic nitrogens is 1. The third kappa shape index (κ3) is 2.83. The third-order valence-electron chi connectivity index (χ3n) is 5.33. The van der Waals surface area contributed by atoms with Crippen molar-refractivity contribution in [1.29, 1.82) is 0 Å². The number of hydrogen-bond donors (Lipinski definition) is 1. The second-order valence-corrected chi connectivity index (χ2v) is 6.96. The standard InChI is InChI=1S/C24H21N3O/c1-28-19-13-11-17(12-14-19)23-15-24(27(26-23)18-7-3-2-4-8-18)21-16-25-22-10-6-5-9-20(21)22/h2-14,16,24-25H,15H2,1H3. The second-order valence-electron chi connectivity index (χ2n) is 6.96. The van der Waals surface area contributed by atoms with Crippen LogP contribution in [0, 0.1) is 0 Å². The second kappa shape index (κ2) is 6.89. The van der Waals surface area contributed by atoms with E-state index in [0.29, 0.717) is 0 Å². The highest BCUT2D eigenvalue weighted by Crippen LogP contribution is 2.39. The molecule has 0 fully saturated rings. The fourth-order valence-electron chi connectivity index (χ4n) is 3.90. The first-order valence-corrected chi connectivity index (χ1v) is 9.46. The summed E-state index contributed by atoms with van der Waals surface area (Å²) in [7, 11) is 1.69. The number of anilines is 1. The number of aromatic amines is 1. The van der Waals surface area contributed by atoms with Crippen LogP contribution in [0.2, 0.25) is 0 Å². The fourth-order valence-corrected chi connectivity index (χ4v) is 3.90. The Morgan fingerprint density at radius 2 is 1.68 bits per heavy atom. The molecule has 0 spiro atoms. The monoisotopic (exact) mass is 367 g/mol. The van der Waals surface area contributed by atoms with Crippen molar-refractivity contribution in [2.24, 2.45) is 5.10 Å². The fraction of sp³-hybridized carbons (Fsp3) is 0.125. The van der Waals surface area contributed by atoms with Gasteiger partial charge in [-0.25, -0.2) is 0 Å². The van der Waals surface area contributed by atoms with Gasteiger partial charge in [0.05, 0.1) is 24.6 Å². The molecular formula is C24H21N3O.